The van der Waals surface area contributed by atoms with Crippen molar-refractivity contribution >= 4 is 17.7 Å². The Morgan fingerprint density at radius 2 is 1.55 bits per heavy atom. The maximum atomic E-state index is 12.5. The van der Waals surface area contributed by atoms with Gasteiger partial charge in [0.1, 0.15) is 11.7 Å². The Morgan fingerprint density at radius 3 is 2.17 bits per heavy atom. The Balaban J connectivity index is 1.72. The van der Waals surface area contributed by atoms with Gasteiger partial charge in [-0.2, -0.15) is 0 Å². The van der Waals surface area contributed by atoms with E-state index in [-0.39, 0.29) is 17.9 Å². The van der Waals surface area contributed by atoms with Crippen molar-refractivity contribution in [3.63, 3.8) is 0 Å². The first kappa shape index (κ1) is 19.9. The smallest absolute Gasteiger partial charge is 0.328 e. The Labute approximate surface area is 168 Å². The van der Waals surface area contributed by atoms with Crippen molar-refractivity contribution < 1.29 is 19.1 Å². The third-order valence-corrected chi connectivity index (χ3v) is 4.38. The molecule has 0 bridgehead atoms. The normalized spacial score (nSPS) is 11.3. The first-order chi connectivity index (χ1) is 14.1. The van der Waals surface area contributed by atoms with Crippen molar-refractivity contribution in [1.29, 1.82) is 0 Å². The molecule has 1 heterocycles. The van der Waals surface area contributed by atoms with Crippen LogP contribution in [0.4, 0.5) is 0 Å². The summed E-state index contributed by atoms with van der Waals surface area (Å²) in [5, 5.41) is 2.65. The Bertz CT molecular complexity index is 986. The van der Waals surface area contributed by atoms with Gasteiger partial charge in [0.15, 0.2) is 5.78 Å². The summed E-state index contributed by atoms with van der Waals surface area (Å²) in [6.45, 7) is 0. The van der Waals surface area contributed by atoms with Crippen LogP contribution in [0.2, 0.25) is 0 Å². The molecule has 0 aliphatic heterocycles. The van der Waals surface area contributed by atoms with Crippen molar-refractivity contribution in [3.05, 3.63) is 101 Å². The molecule has 2 aromatic carbocycles. The van der Waals surface area contributed by atoms with Crippen molar-refractivity contribution in [1.82, 2.24) is 10.3 Å². The van der Waals surface area contributed by atoms with Gasteiger partial charge in [0, 0.05) is 23.7 Å². The lowest BCUT2D eigenvalue weighted by Crippen LogP contribution is -2.43. The summed E-state index contributed by atoms with van der Waals surface area (Å²) in [4.78, 5) is 41.0. The molecule has 0 saturated heterocycles. The summed E-state index contributed by atoms with van der Waals surface area (Å²) in [5.41, 5.74) is 2.15. The molecule has 146 valence electrons. The minimum Gasteiger partial charge on any atom is -0.467 e. The Kier molecular flexibility index (Phi) is 6.47. The second kappa shape index (κ2) is 9.41. The van der Waals surface area contributed by atoms with E-state index in [1.807, 2.05) is 18.2 Å². The van der Waals surface area contributed by atoms with Crippen LogP contribution in [-0.2, 0) is 16.0 Å². The van der Waals surface area contributed by atoms with Crippen molar-refractivity contribution in [3.8, 4) is 0 Å². The number of ether oxygens (including phenoxy) is 1. The fourth-order valence-corrected chi connectivity index (χ4v) is 2.85. The largest absolute Gasteiger partial charge is 0.467 e. The van der Waals surface area contributed by atoms with Crippen LogP contribution in [0.5, 0.6) is 0 Å². The van der Waals surface area contributed by atoms with E-state index in [9.17, 15) is 14.4 Å². The third kappa shape index (κ3) is 5.13. The minimum absolute atomic E-state index is 0.0786. The van der Waals surface area contributed by atoms with Crippen molar-refractivity contribution in [2.24, 2.45) is 0 Å². The first-order valence-corrected chi connectivity index (χ1v) is 9.07. The molecule has 1 amide bonds. The van der Waals surface area contributed by atoms with Crippen LogP contribution in [0.25, 0.3) is 0 Å². The molecule has 29 heavy (non-hydrogen) atoms. The Hall–Kier alpha value is -3.80. The quantitative estimate of drug-likeness (QED) is 0.497. The second-order valence-corrected chi connectivity index (χ2v) is 6.36. The second-order valence-electron chi connectivity index (χ2n) is 6.36. The number of hydrogen-bond donors (Lipinski definition) is 1. The topological polar surface area (TPSA) is 85.4 Å². The van der Waals surface area contributed by atoms with Gasteiger partial charge in [-0.1, -0.05) is 60.7 Å². The summed E-state index contributed by atoms with van der Waals surface area (Å²) in [6, 6.07) is 20.0. The summed E-state index contributed by atoms with van der Waals surface area (Å²) in [7, 11) is 1.27. The van der Waals surface area contributed by atoms with Crippen molar-refractivity contribution in [2.75, 3.05) is 7.11 Å². The van der Waals surface area contributed by atoms with Gasteiger partial charge < -0.3 is 10.1 Å². The lowest BCUT2D eigenvalue weighted by atomic mass is 9.99. The molecule has 0 radical (unpaired) electrons. The summed E-state index contributed by atoms with van der Waals surface area (Å²) in [5.74, 6) is -1.10. The highest BCUT2D eigenvalue weighted by Gasteiger charge is 2.23. The zero-order valence-corrected chi connectivity index (χ0v) is 15.9. The van der Waals surface area contributed by atoms with E-state index in [0.29, 0.717) is 11.1 Å². The average molecular weight is 388 g/mol. The number of carbonyl (C=O) groups is 3. The van der Waals surface area contributed by atoms with Crippen LogP contribution in [0.3, 0.4) is 0 Å². The predicted octanol–water partition coefficient (Wildman–Crippen LogP) is 2.83. The number of aromatic nitrogens is 1. The van der Waals surface area contributed by atoms with Crippen LogP contribution >= 0.6 is 0 Å². The van der Waals surface area contributed by atoms with E-state index in [4.69, 9.17) is 4.74 Å². The fourth-order valence-electron chi connectivity index (χ4n) is 2.85. The highest BCUT2D eigenvalue weighted by molar-refractivity contribution is 6.08. The summed E-state index contributed by atoms with van der Waals surface area (Å²) in [6.07, 6.45) is 1.73. The zero-order valence-electron chi connectivity index (χ0n) is 15.9. The van der Waals surface area contributed by atoms with Gasteiger partial charge in [-0.25, -0.2) is 4.79 Å². The molecule has 0 spiro atoms. The van der Waals surface area contributed by atoms with Gasteiger partial charge in [0.05, 0.1) is 7.11 Å². The number of rotatable bonds is 7. The number of pyridine rings is 1. The average Bonchev–Trinajstić information content (AvgIpc) is 2.79. The molecule has 1 atom stereocenters. The maximum absolute atomic E-state index is 12.5. The van der Waals surface area contributed by atoms with Crippen LogP contribution < -0.4 is 5.32 Å². The van der Waals surface area contributed by atoms with Gasteiger partial charge in [-0.15, -0.1) is 0 Å². The molecular formula is C23H20N2O4. The number of nitrogens with zero attached hydrogens (tertiary/aromatic N) is 1. The Morgan fingerprint density at radius 1 is 0.897 bits per heavy atom. The van der Waals surface area contributed by atoms with E-state index in [1.54, 1.807) is 54.6 Å². The molecule has 0 fully saturated rings. The lowest BCUT2D eigenvalue weighted by Gasteiger charge is -2.16. The van der Waals surface area contributed by atoms with Crippen molar-refractivity contribution in [2.45, 2.75) is 12.5 Å². The van der Waals surface area contributed by atoms with Crippen LogP contribution in [0.1, 0.15) is 32.0 Å². The van der Waals surface area contributed by atoms with E-state index >= 15 is 0 Å². The fraction of sp³-hybridized carbons (Fsp3) is 0.130. The summed E-state index contributed by atoms with van der Waals surface area (Å²) < 4.78 is 4.81. The number of nitrogens with one attached hydrogen (secondary N) is 1. The SMILES string of the molecule is COC(=O)[C@H](Cc1ccc(C(=O)c2ccccc2)cc1)NC(=O)c1ccccn1. The van der Waals surface area contributed by atoms with E-state index in [2.05, 4.69) is 10.3 Å². The van der Waals surface area contributed by atoms with Gasteiger partial charge >= 0.3 is 5.97 Å². The first-order valence-electron chi connectivity index (χ1n) is 9.07. The number of carbonyl (C=O) groups excluding carboxylic acids is 3. The monoisotopic (exact) mass is 388 g/mol. The minimum atomic E-state index is -0.870. The van der Waals surface area contributed by atoms with Crippen LogP contribution in [0.15, 0.2) is 79.0 Å². The summed E-state index contributed by atoms with van der Waals surface area (Å²) >= 11 is 0. The molecule has 3 rings (SSSR count). The molecule has 0 aliphatic rings. The van der Waals surface area contributed by atoms with Gasteiger partial charge in [0.25, 0.3) is 5.91 Å². The molecular weight excluding hydrogens is 368 g/mol. The molecule has 1 N–H and O–H groups in total. The highest BCUT2D eigenvalue weighted by Crippen LogP contribution is 2.13. The molecule has 0 aliphatic carbocycles. The molecule has 1 aromatic heterocycles. The number of benzene rings is 2. The predicted molar refractivity (Wildman–Crippen MR) is 108 cm³/mol. The zero-order chi connectivity index (χ0) is 20.6. The van der Waals surface area contributed by atoms with Crippen LogP contribution in [-0.4, -0.2) is 35.8 Å². The molecule has 6 heteroatoms. The maximum Gasteiger partial charge on any atom is 0.328 e. The number of hydrogen-bond acceptors (Lipinski definition) is 5. The van der Waals surface area contributed by atoms with E-state index < -0.39 is 17.9 Å². The lowest BCUT2D eigenvalue weighted by molar-refractivity contribution is -0.142. The molecule has 3 aromatic rings. The third-order valence-electron chi connectivity index (χ3n) is 4.38. The van der Waals surface area contributed by atoms with Gasteiger partial charge in [-0.05, 0) is 17.7 Å². The number of methoxy groups -OCH3 is 1. The van der Waals surface area contributed by atoms with E-state index in [1.165, 1.54) is 13.3 Å². The molecule has 0 saturated carbocycles. The molecule has 6 nitrogen and oxygen atoms in total. The molecule has 0 unspecified atom stereocenters. The van der Waals surface area contributed by atoms with Gasteiger partial charge in [0.2, 0.25) is 0 Å². The van der Waals surface area contributed by atoms with Gasteiger partial charge in [-0.3, -0.25) is 14.6 Å². The highest BCUT2D eigenvalue weighted by atomic mass is 16.5. The number of esters is 1. The van der Waals surface area contributed by atoms with Crippen LogP contribution in [0, 0.1) is 0 Å². The standard InChI is InChI=1S/C23H20N2O4/c1-29-23(28)20(25-22(27)19-9-5-6-14-24-19)15-16-10-12-18(13-11-16)21(26)17-7-3-2-4-8-17/h2-14,20H,15H2,1H3,(H,25,27)/t20-/m0/s1. The van der Waals surface area contributed by atoms with E-state index in [0.717, 1.165) is 5.56 Å². The number of ketones is 1. The number of amides is 1.